The van der Waals surface area contributed by atoms with Crippen LogP contribution < -0.4 is 10.9 Å². The molecule has 2 amide bonds. The normalized spacial score (nSPS) is 9.90. The quantitative estimate of drug-likeness (QED) is 0.552. The number of halogens is 2. The first-order valence-electron chi connectivity index (χ1n) is 5.68. The molecule has 2 N–H and O–H groups in total. The van der Waals surface area contributed by atoms with Gasteiger partial charge >= 0.3 is 0 Å². The van der Waals surface area contributed by atoms with Gasteiger partial charge in [-0.2, -0.15) is 0 Å². The SMILES string of the molecule is O=C(NNC(=O)c1cccc(I)c1)c1ccc(Br)cc1. The lowest BCUT2D eigenvalue weighted by Gasteiger charge is -2.07. The number of hydrazine groups is 1. The highest BCUT2D eigenvalue weighted by Crippen LogP contribution is 2.10. The number of hydrogen-bond acceptors (Lipinski definition) is 2. The van der Waals surface area contributed by atoms with Crippen molar-refractivity contribution < 1.29 is 9.59 Å². The Hall–Kier alpha value is -1.41. The number of carbonyl (C=O) groups excluding carboxylic acids is 2. The standard InChI is InChI=1S/C14H10BrIN2O2/c15-11-6-4-9(5-7-11)13(19)17-18-14(20)10-2-1-3-12(16)8-10/h1-8H,(H,17,19)(H,18,20). The molecule has 0 unspecified atom stereocenters. The van der Waals surface area contributed by atoms with E-state index in [2.05, 4.69) is 49.4 Å². The van der Waals surface area contributed by atoms with E-state index in [1.807, 2.05) is 6.07 Å². The minimum absolute atomic E-state index is 0.353. The van der Waals surface area contributed by atoms with Gasteiger partial charge in [-0.15, -0.1) is 0 Å². The highest BCUT2D eigenvalue weighted by Gasteiger charge is 2.09. The molecule has 0 radical (unpaired) electrons. The highest BCUT2D eigenvalue weighted by molar-refractivity contribution is 14.1. The maximum absolute atomic E-state index is 11.9. The molecule has 4 nitrogen and oxygen atoms in total. The summed E-state index contributed by atoms with van der Waals surface area (Å²) in [6.07, 6.45) is 0. The third-order valence-electron chi connectivity index (χ3n) is 2.48. The van der Waals surface area contributed by atoms with Crippen LogP contribution in [-0.4, -0.2) is 11.8 Å². The van der Waals surface area contributed by atoms with Crippen molar-refractivity contribution in [2.75, 3.05) is 0 Å². The van der Waals surface area contributed by atoms with Gasteiger partial charge in [0.05, 0.1) is 0 Å². The average molecular weight is 445 g/mol. The fraction of sp³-hybridized carbons (Fsp3) is 0. The summed E-state index contributed by atoms with van der Waals surface area (Å²) in [5, 5.41) is 0. The molecule has 6 heteroatoms. The van der Waals surface area contributed by atoms with E-state index in [1.54, 1.807) is 42.5 Å². The van der Waals surface area contributed by atoms with E-state index in [0.29, 0.717) is 11.1 Å². The molecule has 2 aromatic carbocycles. The van der Waals surface area contributed by atoms with Crippen LogP contribution >= 0.6 is 38.5 Å². The molecule has 0 aliphatic rings. The van der Waals surface area contributed by atoms with E-state index in [9.17, 15) is 9.59 Å². The molecular weight excluding hydrogens is 435 g/mol. The second-order valence-electron chi connectivity index (χ2n) is 3.93. The third kappa shape index (κ3) is 4.04. The summed E-state index contributed by atoms with van der Waals surface area (Å²) in [6.45, 7) is 0. The van der Waals surface area contributed by atoms with Crippen molar-refractivity contribution in [3.05, 3.63) is 67.7 Å². The molecule has 0 spiro atoms. The predicted octanol–water partition coefficient (Wildman–Crippen LogP) is 3.13. The molecule has 0 aliphatic heterocycles. The van der Waals surface area contributed by atoms with E-state index in [4.69, 9.17) is 0 Å². The van der Waals surface area contributed by atoms with E-state index < -0.39 is 0 Å². The van der Waals surface area contributed by atoms with Gasteiger partial charge in [-0.1, -0.05) is 22.0 Å². The Morgan fingerprint density at radius 1 is 0.900 bits per heavy atom. The molecule has 2 rings (SSSR count). The number of hydrogen-bond donors (Lipinski definition) is 2. The Kier molecular flexibility index (Phi) is 5.13. The van der Waals surface area contributed by atoms with Gasteiger partial charge in [-0.25, -0.2) is 0 Å². The molecule has 0 atom stereocenters. The third-order valence-corrected chi connectivity index (χ3v) is 3.68. The number of amides is 2. The van der Waals surface area contributed by atoms with Gasteiger partial charge < -0.3 is 0 Å². The largest absolute Gasteiger partial charge is 0.269 e. The van der Waals surface area contributed by atoms with Crippen LogP contribution in [0.1, 0.15) is 20.7 Å². The van der Waals surface area contributed by atoms with E-state index in [1.165, 1.54) is 0 Å². The van der Waals surface area contributed by atoms with Crippen molar-refractivity contribution in [3.8, 4) is 0 Å². The first-order valence-corrected chi connectivity index (χ1v) is 7.55. The van der Waals surface area contributed by atoms with Crippen molar-refractivity contribution >= 4 is 50.3 Å². The van der Waals surface area contributed by atoms with Gasteiger partial charge in [0, 0.05) is 19.2 Å². The number of benzene rings is 2. The van der Waals surface area contributed by atoms with Crippen LogP contribution in [0, 0.1) is 3.57 Å². The smallest absolute Gasteiger partial charge is 0.267 e. The Morgan fingerprint density at radius 2 is 1.50 bits per heavy atom. The molecule has 0 saturated heterocycles. The Balaban J connectivity index is 1.96. The summed E-state index contributed by atoms with van der Waals surface area (Å²) < 4.78 is 1.84. The average Bonchev–Trinajstić information content (AvgIpc) is 2.45. The fourth-order valence-electron chi connectivity index (χ4n) is 1.49. The van der Waals surface area contributed by atoms with Gasteiger partial charge in [-0.3, -0.25) is 20.4 Å². The molecule has 102 valence electrons. The fourth-order valence-corrected chi connectivity index (χ4v) is 2.30. The van der Waals surface area contributed by atoms with Crippen molar-refractivity contribution in [3.63, 3.8) is 0 Å². The predicted molar refractivity (Wildman–Crippen MR) is 88.2 cm³/mol. The summed E-state index contributed by atoms with van der Waals surface area (Å²) in [5.74, 6) is -0.717. The zero-order chi connectivity index (χ0) is 14.5. The lowest BCUT2D eigenvalue weighted by Crippen LogP contribution is -2.41. The maximum atomic E-state index is 11.9. The van der Waals surface area contributed by atoms with Crippen molar-refractivity contribution in [1.82, 2.24) is 10.9 Å². The highest BCUT2D eigenvalue weighted by atomic mass is 127. The molecule has 0 saturated carbocycles. The van der Waals surface area contributed by atoms with Crippen molar-refractivity contribution in [2.45, 2.75) is 0 Å². The van der Waals surface area contributed by atoms with Gasteiger partial charge in [0.2, 0.25) is 0 Å². The Labute approximate surface area is 138 Å². The number of rotatable bonds is 2. The van der Waals surface area contributed by atoms with E-state index >= 15 is 0 Å². The molecule has 0 aliphatic carbocycles. The van der Waals surface area contributed by atoms with Gasteiger partial charge in [0.15, 0.2) is 0 Å². The lowest BCUT2D eigenvalue weighted by molar-refractivity contribution is 0.0846. The van der Waals surface area contributed by atoms with Crippen molar-refractivity contribution in [1.29, 1.82) is 0 Å². The summed E-state index contributed by atoms with van der Waals surface area (Å²) in [5.41, 5.74) is 5.73. The van der Waals surface area contributed by atoms with Gasteiger partial charge in [-0.05, 0) is 65.1 Å². The van der Waals surface area contributed by atoms with E-state index in [-0.39, 0.29) is 11.8 Å². The Bertz CT molecular complexity index is 644. The molecule has 2 aromatic rings. The van der Waals surface area contributed by atoms with Gasteiger partial charge in [0.1, 0.15) is 0 Å². The summed E-state index contributed by atoms with van der Waals surface area (Å²) in [4.78, 5) is 23.7. The Morgan fingerprint density at radius 3 is 2.10 bits per heavy atom. The van der Waals surface area contributed by atoms with Crippen LogP contribution in [0.25, 0.3) is 0 Å². The molecule has 0 fully saturated rings. The van der Waals surface area contributed by atoms with Crippen LogP contribution in [0.2, 0.25) is 0 Å². The molecule has 0 aromatic heterocycles. The second-order valence-corrected chi connectivity index (χ2v) is 6.09. The molecule has 20 heavy (non-hydrogen) atoms. The van der Waals surface area contributed by atoms with Crippen LogP contribution in [0.3, 0.4) is 0 Å². The monoisotopic (exact) mass is 444 g/mol. The summed E-state index contributed by atoms with van der Waals surface area (Å²) >= 11 is 5.41. The molecular formula is C14H10BrIN2O2. The number of carbonyl (C=O) groups is 2. The topological polar surface area (TPSA) is 58.2 Å². The first-order chi connectivity index (χ1) is 9.56. The summed E-state index contributed by atoms with van der Waals surface area (Å²) in [6, 6.07) is 13.9. The number of nitrogens with one attached hydrogen (secondary N) is 2. The van der Waals surface area contributed by atoms with Crippen molar-refractivity contribution in [2.24, 2.45) is 0 Å². The zero-order valence-electron chi connectivity index (χ0n) is 10.2. The zero-order valence-corrected chi connectivity index (χ0v) is 13.9. The second kappa shape index (κ2) is 6.85. The summed E-state index contributed by atoms with van der Waals surface area (Å²) in [7, 11) is 0. The van der Waals surface area contributed by atoms with Crippen LogP contribution in [0.15, 0.2) is 53.0 Å². The molecule has 0 heterocycles. The maximum Gasteiger partial charge on any atom is 0.269 e. The molecule has 0 bridgehead atoms. The van der Waals surface area contributed by atoms with Gasteiger partial charge in [0.25, 0.3) is 11.8 Å². The minimum atomic E-state index is -0.364. The van der Waals surface area contributed by atoms with Crippen LogP contribution in [-0.2, 0) is 0 Å². The van der Waals surface area contributed by atoms with Crippen LogP contribution in [0.5, 0.6) is 0 Å². The van der Waals surface area contributed by atoms with Crippen LogP contribution in [0.4, 0.5) is 0 Å². The van der Waals surface area contributed by atoms with E-state index in [0.717, 1.165) is 8.04 Å². The first kappa shape index (κ1) is 15.0. The minimum Gasteiger partial charge on any atom is -0.267 e. The lowest BCUT2D eigenvalue weighted by atomic mass is 10.2.